The van der Waals surface area contributed by atoms with Crippen molar-refractivity contribution in [3.05, 3.63) is 0 Å². The Bertz CT molecular complexity index is 137. The van der Waals surface area contributed by atoms with Crippen LogP contribution < -0.4 is 0 Å². The summed E-state index contributed by atoms with van der Waals surface area (Å²) in [5, 5.41) is 0. The lowest BCUT2D eigenvalue weighted by Gasteiger charge is -2.33. The molecule has 2 heteroatoms. The van der Waals surface area contributed by atoms with Crippen LogP contribution in [0.25, 0.3) is 0 Å². The molecular formula is C11H24N2. The third kappa shape index (κ3) is 3.65. The Balaban J connectivity index is 2.22. The van der Waals surface area contributed by atoms with E-state index in [1.165, 1.54) is 32.5 Å². The van der Waals surface area contributed by atoms with Gasteiger partial charge in [0.1, 0.15) is 0 Å². The van der Waals surface area contributed by atoms with E-state index in [2.05, 4.69) is 37.7 Å². The summed E-state index contributed by atoms with van der Waals surface area (Å²) in [7, 11) is 4.33. The van der Waals surface area contributed by atoms with Crippen molar-refractivity contribution in [1.29, 1.82) is 0 Å². The number of nitrogens with zero attached hydrogens (tertiary/aromatic N) is 2. The lowest BCUT2D eigenvalue weighted by Crippen LogP contribution is -2.42. The van der Waals surface area contributed by atoms with Gasteiger partial charge in [0.05, 0.1) is 0 Å². The lowest BCUT2D eigenvalue weighted by atomic mass is 9.99. The first-order valence-electron chi connectivity index (χ1n) is 5.48. The van der Waals surface area contributed by atoms with E-state index in [4.69, 9.17) is 0 Å². The van der Waals surface area contributed by atoms with Crippen molar-refractivity contribution < 1.29 is 0 Å². The second kappa shape index (κ2) is 4.97. The van der Waals surface area contributed by atoms with E-state index < -0.39 is 0 Å². The van der Waals surface area contributed by atoms with Gasteiger partial charge in [0, 0.05) is 12.6 Å². The summed E-state index contributed by atoms with van der Waals surface area (Å²) in [4.78, 5) is 4.91. The van der Waals surface area contributed by atoms with Crippen LogP contribution in [0.4, 0.5) is 0 Å². The van der Waals surface area contributed by atoms with Gasteiger partial charge in [-0.05, 0) is 52.9 Å². The summed E-state index contributed by atoms with van der Waals surface area (Å²) in [6.07, 6.45) is 2.78. The van der Waals surface area contributed by atoms with E-state index in [0.717, 1.165) is 5.92 Å². The minimum Gasteiger partial charge on any atom is -0.305 e. The molecule has 1 saturated heterocycles. The maximum atomic E-state index is 2.60. The molecule has 0 aromatic heterocycles. The van der Waals surface area contributed by atoms with E-state index in [1.54, 1.807) is 0 Å². The topological polar surface area (TPSA) is 6.48 Å². The lowest BCUT2D eigenvalue weighted by molar-refractivity contribution is 0.148. The molecule has 1 aliphatic heterocycles. The number of hydrogen-bond donors (Lipinski definition) is 0. The zero-order valence-corrected chi connectivity index (χ0v) is 9.58. The highest BCUT2D eigenvalue weighted by Crippen LogP contribution is 2.16. The number of hydrogen-bond acceptors (Lipinski definition) is 2. The largest absolute Gasteiger partial charge is 0.305 e. The number of likely N-dealkylation sites (N-methyl/N-ethyl adjacent to an activating group) is 1. The van der Waals surface area contributed by atoms with Crippen molar-refractivity contribution in [3.8, 4) is 0 Å². The maximum absolute atomic E-state index is 2.60. The summed E-state index contributed by atoms with van der Waals surface area (Å²) in [6.45, 7) is 8.52. The second-order valence-corrected chi connectivity index (χ2v) is 4.80. The van der Waals surface area contributed by atoms with Crippen LogP contribution >= 0.6 is 0 Å². The molecule has 78 valence electrons. The van der Waals surface area contributed by atoms with Gasteiger partial charge in [-0.25, -0.2) is 0 Å². The molecule has 1 aliphatic rings. The van der Waals surface area contributed by atoms with Gasteiger partial charge in [0.25, 0.3) is 0 Å². The van der Waals surface area contributed by atoms with E-state index in [-0.39, 0.29) is 0 Å². The predicted molar refractivity (Wildman–Crippen MR) is 58.0 cm³/mol. The zero-order valence-electron chi connectivity index (χ0n) is 9.58. The molecular weight excluding hydrogens is 160 g/mol. The molecule has 1 unspecified atom stereocenters. The van der Waals surface area contributed by atoms with Gasteiger partial charge in [-0.2, -0.15) is 0 Å². The predicted octanol–water partition coefficient (Wildman–Crippen LogP) is 1.67. The van der Waals surface area contributed by atoms with Crippen molar-refractivity contribution in [2.45, 2.75) is 32.7 Å². The van der Waals surface area contributed by atoms with E-state index >= 15 is 0 Å². The molecule has 0 saturated carbocycles. The quantitative estimate of drug-likeness (QED) is 0.658. The van der Waals surface area contributed by atoms with Crippen LogP contribution in [-0.2, 0) is 0 Å². The monoisotopic (exact) mass is 184 g/mol. The van der Waals surface area contributed by atoms with Gasteiger partial charge >= 0.3 is 0 Å². The summed E-state index contributed by atoms with van der Waals surface area (Å²) in [6, 6.07) is 0.688. The van der Waals surface area contributed by atoms with Gasteiger partial charge in [0.2, 0.25) is 0 Å². The third-order valence-electron chi connectivity index (χ3n) is 3.28. The van der Waals surface area contributed by atoms with Crippen molar-refractivity contribution in [2.24, 2.45) is 5.92 Å². The zero-order chi connectivity index (χ0) is 9.84. The van der Waals surface area contributed by atoms with Crippen LogP contribution in [0, 0.1) is 5.92 Å². The first kappa shape index (κ1) is 11.0. The molecule has 0 spiro atoms. The van der Waals surface area contributed by atoms with Gasteiger partial charge in [-0.1, -0.05) is 6.92 Å². The molecule has 0 N–H and O–H groups in total. The smallest absolute Gasteiger partial charge is 0.0188 e. The van der Waals surface area contributed by atoms with Gasteiger partial charge in [0.15, 0.2) is 0 Å². The summed E-state index contributed by atoms with van der Waals surface area (Å²) < 4.78 is 0. The normalized spacial score (nSPS) is 23.8. The van der Waals surface area contributed by atoms with E-state index in [1.807, 2.05) is 0 Å². The van der Waals surface area contributed by atoms with Crippen molar-refractivity contribution in [1.82, 2.24) is 9.80 Å². The van der Waals surface area contributed by atoms with Crippen LogP contribution in [0.1, 0.15) is 26.7 Å². The Morgan fingerprint density at radius 1 is 1.31 bits per heavy atom. The molecule has 0 radical (unpaired) electrons. The van der Waals surface area contributed by atoms with Crippen LogP contribution in [-0.4, -0.2) is 49.6 Å². The average molecular weight is 184 g/mol. The highest BCUT2D eigenvalue weighted by Gasteiger charge is 2.17. The minimum absolute atomic E-state index is 0.688. The van der Waals surface area contributed by atoms with Gasteiger partial charge in [-0.3, -0.25) is 0 Å². The molecule has 0 aromatic rings. The first-order valence-corrected chi connectivity index (χ1v) is 5.48. The van der Waals surface area contributed by atoms with Crippen molar-refractivity contribution in [2.75, 3.05) is 33.7 Å². The first-order chi connectivity index (χ1) is 6.09. The SMILES string of the molecule is CC1CCN(CC(C)N(C)C)CC1. The Labute approximate surface area is 82.9 Å². The molecule has 0 aromatic carbocycles. The Morgan fingerprint density at radius 3 is 2.31 bits per heavy atom. The fraction of sp³-hybridized carbons (Fsp3) is 1.00. The molecule has 1 rings (SSSR count). The fourth-order valence-electron chi connectivity index (χ4n) is 1.78. The van der Waals surface area contributed by atoms with Crippen LogP contribution in [0.15, 0.2) is 0 Å². The molecule has 0 bridgehead atoms. The summed E-state index contributed by atoms with van der Waals surface area (Å²) in [5.41, 5.74) is 0. The third-order valence-corrected chi connectivity index (χ3v) is 3.28. The van der Waals surface area contributed by atoms with Crippen LogP contribution in [0.3, 0.4) is 0 Å². The molecule has 1 heterocycles. The highest BCUT2D eigenvalue weighted by atomic mass is 15.2. The fourth-order valence-corrected chi connectivity index (χ4v) is 1.78. The molecule has 1 atom stereocenters. The average Bonchev–Trinajstić information content (AvgIpc) is 2.08. The molecule has 0 amide bonds. The number of piperidine rings is 1. The van der Waals surface area contributed by atoms with Crippen molar-refractivity contribution in [3.63, 3.8) is 0 Å². The number of likely N-dealkylation sites (tertiary alicyclic amines) is 1. The maximum Gasteiger partial charge on any atom is 0.0188 e. The van der Waals surface area contributed by atoms with E-state index in [9.17, 15) is 0 Å². The van der Waals surface area contributed by atoms with Gasteiger partial charge in [-0.15, -0.1) is 0 Å². The highest BCUT2D eigenvalue weighted by molar-refractivity contribution is 4.73. The van der Waals surface area contributed by atoms with Crippen LogP contribution in [0.5, 0.6) is 0 Å². The number of rotatable bonds is 3. The van der Waals surface area contributed by atoms with Crippen LogP contribution in [0.2, 0.25) is 0 Å². The second-order valence-electron chi connectivity index (χ2n) is 4.80. The minimum atomic E-state index is 0.688. The Hall–Kier alpha value is -0.0800. The molecule has 1 fully saturated rings. The molecule has 13 heavy (non-hydrogen) atoms. The Morgan fingerprint density at radius 2 is 1.85 bits per heavy atom. The van der Waals surface area contributed by atoms with Crippen molar-refractivity contribution >= 4 is 0 Å². The van der Waals surface area contributed by atoms with E-state index in [0.29, 0.717) is 6.04 Å². The Kier molecular flexibility index (Phi) is 4.20. The molecule has 0 aliphatic carbocycles. The summed E-state index contributed by atoms with van der Waals surface area (Å²) in [5.74, 6) is 0.950. The summed E-state index contributed by atoms with van der Waals surface area (Å²) >= 11 is 0. The molecule has 2 nitrogen and oxygen atoms in total. The standard InChI is InChI=1S/C11H24N2/c1-10-5-7-13(8-6-10)9-11(2)12(3)4/h10-11H,5-9H2,1-4H3. The van der Waals surface area contributed by atoms with Gasteiger partial charge < -0.3 is 9.80 Å².